The minimum absolute atomic E-state index is 0.871. The minimum Gasteiger partial charge on any atom is -0.294 e. The Labute approximate surface area is 194 Å². The summed E-state index contributed by atoms with van der Waals surface area (Å²) in [4.78, 5) is 3.14. The summed E-state index contributed by atoms with van der Waals surface area (Å²) < 4.78 is 0. The molecule has 4 aliphatic carbocycles. The van der Waals surface area contributed by atoms with E-state index in [1.807, 2.05) is 0 Å². The van der Waals surface area contributed by atoms with Crippen LogP contribution in [0.2, 0.25) is 0 Å². The van der Waals surface area contributed by atoms with Crippen molar-refractivity contribution in [1.29, 1.82) is 0 Å². The zero-order chi connectivity index (χ0) is 21.5. The third kappa shape index (κ3) is 6.39. The van der Waals surface area contributed by atoms with Gasteiger partial charge in [0.15, 0.2) is 0 Å². The molecule has 0 N–H and O–H groups in total. The zero-order valence-corrected chi connectivity index (χ0v) is 21.1. The number of rotatable bonds is 7. The fourth-order valence-electron chi connectivity index (χ4n) is 8.02. The molecule has 4 saturated carbocycles. The number of hydrogen-bond donors (Lipinski definition) is 0. The fraction of sp³-hybridized carbons (Fsp3) is 0.933. The molecule has 3 unspecified atom stereocenters. The molecular weight excluding hydrogens is 374 g/mol. The van der Waals surface area contributed by atoms with Crippen LogP contribution in [0.4, 0.5) is 0 Å². The number of allylic oxidation sites excluding steroid dienone is 2. The Morgan fingerprint density at radius 2 is 1.16 bits per heavy atom. The Morgan fingerprint density at radius 3 is 1.71 bits per heavy atom. The summed E-state index contributed by atoms with van der Waals surface area (Å²) in [5.74, 6) is 3.70. The summed E-state index contributed by atoms with van der Waals surface area (Å²) in [6.45, 7) is 4.83. The van der Waals surface area contributed by atoms with Crippen LogP contribution >= 0.6 is 0 Å². The predicted octanol–water partition coefficient (Wildman–Crippen LogP) is 8.92. The van der Waals surface area contributed by atoms with Gasteiger partial charge in [-0.2, -0.15) is 0 Å². The van der Waals surface area contributed by atoms with Crippen LogP contribution in [0.25, 0.3) is 0 Å². The molecule has 178 valence electrons. The van der Waals surface area contributed by atoms with Crippen molar-refractivity contribution in [3.05, 3.63) is 12.2 Å². The van der Waals surface area contributed by atoms with Gasteiger partial charge < -0.3 is 0 Å². The van der Waals surface area contributed by atoms with Crippen molar-refractivity contribution >= 4 is 0 Å². The highest BCUT2D eigenvalue weighted by molar-refractivity contribution is 5.00. The molecule has 0 radical (unpaired) electrons. The minimum atomic E-state index is 0.871. The Balaban J connectivity index is 1.33. The second-order valence-corrected chi connectivity index (χ2v) is 11.9. The zero-order valence-electron chi connectivity index (χ0n) is 21.1. The first-order valence-electron chi connectivity index (χ1n) is 14.7. The molecule has 0 aromatic heterocycles. The number of nitrogens with zero attached hydrogens (tertiary/aromatic N) is 1. The summed E-state index contributed by atoms with van der Waals surface area (Å²) in [6.07, 6.45) is 33.4. The van der Waals surface area contributed by atoms with Gasteiger partial charge in [-0.25, -0.2) is 0 Å². The summed E-state index contributed by atoms with van der Waals surface area (Å²) in [5.41, 5.74) is 0. The third-order valence-electron chi connectivity index (χ3n) is 10.0. The van der Waals surface area contributed by atoms with Gasteiger partial charge in [0.2, 0.25) is 0 Å². The molecular formula is C30H53N. The molecule has 0 aromatic carbocycles. The third-order valence-corrected chi connectivity index (χ3v) is 10.0. The van der Waals surface area contributed by atoms with Gasteiger partial charge in [-0.05, 0) is 87.9 Å². The van der Waals surface area contributed by atoms with E-state index in [0.717, 1.165) is 41.8 Å². The second-order valence-electron chi connectivity index (χ2n) is 11.9. The van der Waals surface area contributed by atoms with Crippen LogP contribution in [0.5, 0.6) is 0 Å². The molecule has 0 aliphatic heterocycles. The van der Waals surface area contributed by atoms with Crippen molar-refractivity contribution in [2.75, 3.05) is 0 Å². The fourth-order valence-corrected chi connectivity index (χ4v) is 8.02. The van der Waals surface area contributed by atoms with E-state index in [4.69, 9.17) is 0 Å². The van der Waals surface area contributed by atoms with E-state index in [1.54, 1.807) is 0 Å². The van der Waals surface area contributed by atoms with Gasteiger partial charge in [0.1, 0.15) is 0 Å². The van der Waals surface area contributed by atoms with Gasteiger partial charge >= 0.3 is 0 Å². The van der Waals surface area contributed by atoms with Crippen LogP contribution in [0.1, 0.15) is 136 Å². The lowest BCUT2D eigenvalue weighted by Gasteiger charge is -2.48. The van der Waals surface area contributed by atoms with Crippen LogP contribution in [0, 0.1) is 23.7 Å². The van der Waals surface area contributed by atoms with Crippen LogP contribution in [0.3, 0.4) is 0 Å². The average molecular weight is 428 g/mol. The molecule has 0 spiro atoms. The molecule has 4 rings (SSSR count). The van der Waals surface area contributed by atoms with Gasteiger partial charge in [0.25, 0.3) is 0 Å². The summed E-state index contributed by atoms with van der Waals surface area (Å²) >= 11 is 0. The SMILES string of the molecule is CCC1CCC(CC)C(C=CC2CCC(N(C3CCCCC3)C3CCCCC3)CC2)C1. The van der Waals surface area contributed by atoms with Gasteiger partial charge in [-0.3, -0.25) is 4.90 Å². The molecule has 4 aliphatic rings. The number of hydrogen-bond acceptors (Lipinski definition) is 1. The second kappa shape index (κ2) is 12.2. The van der Waals surface area contributed by atoms with E-state index in [1.165, 1.54) is 122 Å². The first-order valence-corrected chi connectivity index (χ1v) is 14.7. The first kappa shape index (κ1) is 23.8. The molecule has 1 nitrogen and oxygen atoms in total. The summed E-state index contributed by atoms with van der Waals surface area (Å²) in [7, 11) is 0. The Bertz CT molecular complexity index is 501. The van der Waals surface area contributed by atoms with Crippen molar-refractivity contribution < 1.29 is 0 Å². The van der Waals surface area contributed by atoms with E-state index < -0.39 is 0 Å². The molecule has 0 saturated heterocycles. The first-order chi connectivity index (χ1) is 15.3. The Morgan fingerprint density at radius 1 is 0.581 bits per heavy atom. The highest BCUT2D eigenvalue weighted by atomic mass is 15.2. The van der Waals surface area contributed by atoms with Crippen LogP contribution in [-0.4, -0.2) is 23.0 Å². The molecule has 4 fully saturated rings. The van der Waals surface area contributed by atoms with Gasteiger partial charge in [-0.1, -0.05) is 83.8 Å². The normalized spacial score (nSPS) is 36.9. The predicted molar refractivity (Wildman–Crippen MR) is 135 cm³/mol. The smallest absolute Gasteiger partial charge is 0.0102 e. The maximum Gasteiger partial charge on any atom is 0.0102 e. The highest BCUT2D eigenvalue weighted by Crippen LogP contribution is 2.40. The van der Waals surface area contributed by atoms with E-state index in [2.05, 4.69) is 30.9 Å². The van der Waals surface area contributed by atoms with E-state index in [-0.39, 0.29) is 0 Å². The molecule has 0 amide bonds. The van der Waals surface area contributed by atoms with Crippen LogP contribution in [-0.2, 0) is 0 Å². The molecule has 31 heavy (non-hydrogen) atoms. The van der Waals surface area contributed by atoms with Crippen molar-refractivity contribution in [2.45, 2.75) is 154 Å². The standard InChI is InChI=1S/C30H53N/c1-3-24-15-19-26(4-2)27(23-24)20-16-25-17-21-30(22-18-25)31(28-11-7-5-8-12-28)29-13-9-6-10-14-29/h16,20,24-30H,3-15,17-19,21-23H2,1-2H3. The van der Waals surface area contributed by atoms with Crippen LogP contribution in [0.15, 0.2) is 12.2 Å². The molecule has 0 bridgehead atoms. The lowest BCUT2D eigenvalue weighted by Crippen LogP contribution is -2.51. The lowest BCUT2D eigenvalue weighted by molar-refractivity contribution is 0.0182. The average Bonchev–Trinajstić information content (AvgIpc) is 2.85. The van der Waals surface area contributed by atoms with Crippen LogP contribution < -0.4 is 0 Å². The molecule has 0 heterocycles. The van der Waals surface area contributed by atoms with E-state index in [9.17, 15) is 0 Å². The molecule has 3 atom stereocenters. The molecule has 0 aromatic rings. The topological polar surface area (TPSA) is 3.24 Å². The van der Waals surface area contributed by atoms with Gasteiger partial charge in [-0.15, -0.1) is 0 Å². The summed E-state index contributed by atoms with van der Waals surface area (Å²) in [5, 5.41) is 0. The van der Waals surface area contributed by atoms with Crippen molar-refractivity contribution in [2.24, 2.45) is 23.7 Å². The van der Waals surface area contributed by atoms with E-state index >= 15 is 0 Å². The summed E-state index contributed by atoms with van der Waals surface area (Å²) in [6, 6.07) is 2.75. The van der Waals surface area contributed by atoms with Crippen molar-refractivity contribution in [3.63, 3.8) is 0 Å². The monoisotopic (exact) mass is 427 g/mol. The Hall–Kier alpha value is -0.300. The van der Waals surface area contributed by atoms with Crippen molar-refractivity contribution in [1.82, 2.24) is 4.90 Å². The lowest BCUT2D eigenvalue weighted by atomic mass is 9.71. The quantitative estimate of drug-likeness (QED) is 0.366. The largest absolute Gasteiger partial charge is 0.294 e. The van der Waals surface area contributed by atoms with Gasteiger partial charge in [0.05, 0.1) is 0 Å². The maximum absolute atomic E-state index is 3.14. The van der Waals surface area contributed by atoms with Gasteiger partial charge in [0, 0.05) is 18.1 Å². The Kier molecular flexibility index (Phi) is 9.42. The highest BCUT2D eigenvalue weighted by Gasteiger charge is 2.35. The van der Waals surface area contributed by atoms with Crippen molar-refractivity contribution in [3.8, 4) is 0 Å². The van der Waals surface area contributed by atoms with E-state index in [0.29, 0.717) is 0 Å². The maximum atomic E-state index is 3.14. The molecule has 1 heteroatoms.